The summed E-state index contributed by atoms with van der Waals surface area (Å²) >= 11 is 1.14. The van der Waals surface area contributed by atoms with Crippen LogP contribution in [0.1, 0.15) is 61.5 Å². The molecule has 0 aliphatic carbocycles. The van der Waals surface area contributed by atoms with Gasteiger partial charge in [-0.1, -0.05) is 30.2 Å². The zero-order valence-electron chi connectivity index (χ0n) is 19.1. The van der Waals surface area contributed by atoms with E-state index < -0.39 is 15.9 Å². The normalized spacial score (nSPS) is 15.6. The largest absolute Gasteiger partial charge is 0.322 e. The Morgan fingerprint density at radius 3 is 2.39 bits per heavy atom. The van der Waals surface area contributed by atoms with E-state index in [4.69, 9.17) is 0 Å². The highest BCUT2D eigenvalue weighted by atomic mass is 32.2. The summed E-state index contributed by atoms with van der Waals surface area (Å²) in [4.78, 5) is 25.4. The minimum Gasteiger partial charge on any atom is -0.322 e. The molecule has 2 heterocycles. The fourth-order valence-electron chi connectivity index (χ4n) is 4.25. The molecule has 0 saturated carbocycles. The van der Waals surface area contributed by atoms with E-state index in [2.05, 4.69) is 5.32 Å². The number of carbonyl (C=O) groups excluding carboxylic acids is 1. The molecule has 4 rings (SSSR count). The first kappa shape index (κ1) is 23.7. The lowest BCUT2D eigenvalue weighted by Crippen LogP contribution is -2.32. The number of hydrogen-bond acceptors (Lipinski definition) is 5. The summed E-state index contributed by atoms with van der Waals surface area (Å²) < 4.78 is 30.6. The predicted octanol–water partition coefficient (Wildman–Crippen LogP) is 4.77. The monoisotopic (exact) mass is 487 g/mol. The standard InChI is InChI=1S/C24H29N3O4S2/c1-16(2)27-20-11-10-19(15-21(20)32-24(27)29)25-23(28)18-9-8-17(3)22(14-18)33(30,31)26-12-6-4-5-7-13-26/h8-11,14-16H,4-7,12-13H2,1-3H3,(H,25,28). The number of benzene rings is 2. The SMILES string of the molecule is Cc1ccc(C(=O)Nc2ccc3c(c2)sc(=O)n3C(C)C)cc1S(=O)(=O)N1CCCCCC1. The van der Waals surface area contributed by atoms with Crippen LogP contribution < -0.4 is 10.2 Å². The van der Waals surface area contributed by atoms with Crippen LogP contribution >= 0.6 is 11.3 Å². The summed E-state index contributed by atoms with van der Waals surface area (Å²) in [5.41, 5.74) is 2.29. The minimum atomic E-state index is -3.67. The molecule has 0 bridgehead atoms. The summed E-state index contributed by atoms with van der Waals surface area (Å²) in [7, 11) is -3.67. The van der Waals surface area contributed by atoms with Crippen molar-refractivity contribution < 1.29 is 13.2 Å². The lowest BCUT2D eigenvalue weighted by molar-refractivity contribution is 0.102. The van der Waals surface area contributed by atoms with Crippen LogP contribution in [0, 0.1) is 6.92 Å². The molecule has 1 aliphatic heterocycles. The van der Waals surface area contributed by atoms with Gasteiger partial charge in [-0.25, -0.2) is 8.42 Å². The Hall–Kier alpha value is -2.49. The molecule has 1 aromatic heterocycles. The molecule has 176 valence electrons. The van der Waals surface area contributed by atoms with E-state index in [0.29, 0.717) is 24.3 Å². The van der Waals surface area contributed by atoms with Crippen LogP contribution in [0.5, 0.6) is 0 Å². The number of thiazole rings is 1. The lowest BCUT2D eigenvalue weighted by atomic mass is 10.1. The van der Waals surface area contributed by atoms with E-state index in [1.165, 1.54) is 6.07 Å². The molecule has 9 heteroatoms. The number of nitrogens with zero attached hydrogens (tertiary/aromatic N) is 2. The van der Waals surface area contributed by atoms with E-state index in [9.17, 15) is 18.0 Å². The summed E-state index contributed by atoms with van der Waals surface area (Å²) in [5, 5.41) is 2.84. The average Bonchev–Trinajstić information content (AvgIpc) is 2.92. The second-order valence-electron chi connectivity index (χ2n) is 8.77. The smallest absolute Gasteiger partial charge is 0.308 e. The highest BCUT2D eigenvalue weighted by molar-refractivity contribution is 7.89. The van der Waals surface area contributed by atoms with Gasteiger partial charge in [0.1, 0.15) is 0 Å². The van der Waals surface area contributed by atoms with Crippen molar-refractivity contribution in [3.8, 4) is 0 Å². The minimum absolute atomic E-state index is 0.0367. The molecule has 1 N–H and O–H groups in total. The number of rotatable bonds is 5. The number of anilines is 1. The Kier molecular flexibility index (Phi) is 6.74. The van der Waals surface area contributed by atoms with Crippen LogP contribution in [0.2, 0.25) is 0 Å². The van der Waals surface area contributed by atoms with Gasteiger partial charge in [0.2, 0.25) is 10.0 Å². The maximum Gasteiger partial charge on any atom is 0.308 e. The molecule has 1 aliphatic rings. The second-order valence-corrected chi connectivity index (χ2v) is 11.7. The van der Waals surface area contributed by atoms with Gasteiger partial charge in [-0.05, 0) is 69.5 Å². The third kappa shape index (κ3) is 4.76. The van der Waals surface area contributed by atoms with Gasteiger partial charge in [0.15, 0.2) is 0 Å². The van der Waals surface area contributed by atoms with Gasteiger partial charge in [-0.3, -0.25) is 14.2 Å². The van der Waals surface area contributed by atoms with Crippen molar-refractivity contribution >= 4 is 43.2 Å². The van der Waals surface area contributed by atoms with Crippen LogP contribution in [0.15, 0.2) is 46.1 Å². The van der Waals surface area contributed by atoms with Crippen LogP contribution in [-0.4, -0.2) is 36.3 Å². The molecule has 7 nitrogen and oxygen atoms in total. The Balaban J connectivity index is 1.61. The predicted molar refractivity (Wildman–Crippen MR) is 133 cm³/mol. The van der Waals surface area contributed by atoms with Crippen molar-refractivity contribution in [1.82, 2.24) is 8.87 Å². The molecule has 1 amide bonds. The Labute approximate surface area is 198 Å². The van der Waals surface area contributed by atoms with Crippen LogP contribution in [0.4, 0.5) is 5.69 Å². The molecule has 0 radical (unpaired) electrons. The van der Waals surface area contributed by atoms with E-state index in [1.807, 2.05) is 19.9 Å². The van der Waals surface area contributed by atoms with Gasteiger partial charge in [0, 0.05) is 30.4 Å². The average molecular weight is 488 g/mol. The second kappa shape index (κ2) is 9.40. The van der Waals surface area contributed by atoms with Crippen LogP contribution in [0.25, 0.3) is 10.2 Å². The quantitative estimate of drug-likeness (QED) is 0.562. The van der Waals surface area contributed by atoms with Gasteiger partial charge in [-0.2, -0.15) is 4.31 Å². The van der Waals surface area contributed by atoms with Crippen molar-refractivity contribution in [1.29, 1.82) is 0 Å². The van der Waals surface area contributed by atoms with E-state index in [-0.39, 0.29) is 21.4 Å². The Morgan fingerprint density at radius 2 is 1.73 bits per heavy atom. The number of aromatic nitrogens is 1. The zero-order valence-corrected chi connectivity index (χ0v) is 20.8. The molecule has 0 spiro atoms. The Bertz CT molecular complexity index is 1350. The van der Waals surface area contributed by atoms with Gasteiger partial charge in [0.25, 0.3) is 5.91 Å². The van der Waals surface area contributed by atoms with Gasteiger partial charge in [0.05, 0.1) is 15.1 Å². The zero-order chi connectivity index (χ0) is 23.8. The first-order valence-electron chi connectivity index (χ1n) is 11.3. The van der Waals surface area contributed by atoms with Crippen LogP contribution in [0.3, 0.4) is 0 Å². The highest BCUT2D eigenvalue weighted by Gasteiger charge is 2.27. The molecule has 2 aromatic carbocycles. The van der Waals surface area contributed by atoms with E-state index in [0.717, 1.165) is 47.2 Å². The first-order chi connectivity index (χ1) is 15.7. The number of aryl methyl sites for hydroxylation is 1. The maximum absolute atomic E-state index is 13.3. The summed E-state index contributed by atoms with van der Waals surface area (Å²) in [6.45, 7) is 6.69. The van der Waals surface area contributed by atoms with Crippen molar-refractivity contribution in [2.24, 2.45) is 0 Å². The first-order valence-corrected chi connectivity index (χ1v) is 13.5. The molecule has 0 atom stereocenters. The fraction of sp³-hybridized carbons (Fsp3) is 0.417. The van der Waals surface area contributed by atoms with Crippen LogP contribution in [-0.2, 0) is 10.0 Å². The van der Waals surface area contributed by atoms with Crippen molar-refractivity contribution in [3.05, 3.63) is 57.2 Å². The summed E-state index contributed by atoms with van der Waals surface area (Å²) in [6.07, 6.45) is 3.77. The lowest BCUT2D eigenvalue weighted by Gasteiger charge is -2.21. The van der Waals surface area contributed by atoms with Gasteiger partial charge < -0.3 is 5.32 Å². The van der Waals surface area contributed by atoms with E-state index >= 15 is 0 Å². The fourth-order valence-corrected chi connectivity index (χ4v) is 7.07. The third-order valence-electron chi connectivity index (χ3n) is 6.02. The molecule has 1 fully saturated rings. The number of amides is 1. The number of sulfonamides is 1. The molecule has 33 heavy (non-hydrogen) atoms. The van der Waals surface area contributed by atoms with Gasteiger partial charge >= 0.3 is 4.87 Å². The number of fused-ring (bicyclic) bond motifs is 1. The Morgan fingerprint density at radius 1 is 1.03 bits per heavy atom. The number of carbonyl (C=O) groups is 1. The topological polar surface area (TPSA) is 88.5 Å². The maximum atomic E-state index is 13.3. The third-order valence-corrected chi connectivity index (χ3v) is 8.98. The molecular formula is C24H29N3O4S2. The molecule has 0 unspecified atom stereocenters. The molecular weight excluding hydrogens is 458 g/mol. The molecule has 3 aromatic rings. The molecule has 1 saturated heterocycles. The van der Waals surface area contributed by atoms with E-state index in [1.54, 1.807) is 40.1 Å². The number of hydrogen-bond donors (Lipinski definition) is 1. The van der Waals surface area contributed by atoms with Gasteiger partial charge in [-0.15, -0.1) is 0 Å². The summed E-state index contributed by atoms with van der Waals surface area (Å²) in [6, 6.07) is 10.2. The number of nitrogens with one attached hydrogen (secondary N) is 1. The van der Waals surface area contributed by atoms with Crippen molar-refractivity contribution in [2.45, 2.75) is 57.4 Å². The van der Waals surface area contributed by atoms with Crippen molar-refractivity contribution in [2.75, 3.05) is 18.4 Å². The van der Waals surface area contributed by atoms with Crippen molar-refractivity contribution in [3.63, 3.8) is 0 Å². The summed E-state index contributed by atoms with van der Waals surface area (Å²) in [5.74, 6) is -0.391. The highest BCUT2D eigenvalue weighted by Crippen LogP contribution is 2.26.